The lowest BCUT2D eigenvalue weighted by molar-refractivity contribution is -0.137. The van der Waals surface area contributed by atoms with Crippen molar-refractivity contribution in [1.82, 2.24) is 19.8 Å². The minimum Gasteiger partial charge on any atom is -0.493 e. The molecule has 0 bridgehead atoms. The Kier molecular flexibility index (Phi) is 8.37. The maximum Gasteiger partial charge on any atom is 0.239 e. The molecule has 1 atom stereocenters. The van der Waals surface area contributed by atoms with Gasteiger partial charge in [0.25, 0.3) is 0 Å². The third-order valence-electron chi connectivity index (χ3n) is 7.80. The second kappa shape index (κ2) is 11.9. The molecule has 1 aliphatic carbocycles. The number of aromatic nitrogens is 2. The molecule has 8 nitrogen and oxygen atoms in total. The van der Waals surface area contributed by atoms with Gasteiger partial charge in [-0.05, 0) is 63.3 Å². The van der Waals surface area contributed by atoms with Crippen LogP contribution >= 0.6 is 11.6 Å². The normalized spacial score (nSPS) is 21.9. The zero-order valence-electron chi connectivity index (χ0n) is 22.6. The summed E-state index contributed by atoms with van der Waals surface area (Å²) in [6, 6.07) is 8.80. The highest BCUT2D eigenvalue weighted by atomic mass is 35.5. The fourth-order valence-corrected chi connectivity index (χ4v) is 5.95. The summed E-state index contributed by atoms with van der Waals surface area (Å²) in [5.41, 5.74) is 0.868. The monoisotopic (exact) mass is 555 g/mol. The summed E-state index contributed by atoms with van der Waals surface area (Å²) in [7, 11) is 5.29. The number of hydrogen-bond donors (Lipinski definition) is 1. The average molecular weight is 556 g/mol. The van der Waals surface area contributed by atoms with E-state index in [1.165, 1.54) is 12.4 Å². The van der Waals surface area contributed by atoms with Gasteiger partial charge >= 0.3 is 0 Å². The predicted octanol–water partition coefficient (Wildman–Crippen LogP) is 5.81. The number of amides is 1. The number of nitrogens with one attached hydrogen (secondary N) is 1. The Labute approximate surface area is 233 Å². The molecule has 5 rings (SSSR count). The molecule has 2 aliphatic rings. The number of rotatable bonds is 7. The number of benzene rings is 2. The Morgan fingerprint density at radius 1 is 1.10 bits per heavy atom. The van der Waals surface area contributed by atoms with Crippen molar-refractivity contribution < 1.29 is 18.7 Å². The summed E-state index contributed by atoms with van der Waals surface area (Å²) in [4.78, 5) is 25.7. The zero-order chi connectivity index (χ0) is 27.5. The molecule has 2 heterocycles. The van der Waals surface area contributed by atoms with Gasteiger partial charge in [-0.2, -0.15) is 0 Å². The topological polar surface area (TPSA) is 79.8 Å². The van der Waals surface area contributed by atoms with Crippen molar-refractivity contribution >= 4 is 39.9 Å². The molecule has 0 radical (unpaired) electrons. The van der Waals surface area contributed by atoms with Gasteiger partial charge in [0.1, 0.15) is 12.1 Å². The quantitative estimate of drug-likeness (QED) is 0.394. The molecule has 208 valence electrons. The lowest BCUT2D eigenvalue weighted by Gasteiger charge is -2.43. The number of nitrogens with zero attached hydrogens (tertiary/aromatic N) is 4. The first-order chi connectivity index (χ1) is 18.9. The van der Waals surface area contributed by atoms with E-state index in [1.807, 2.05) is 26.2 Å². The van der Waals surface area contributed by atoms with Gasteiger partial charge in [-0.25, -0.2) is 14.4 Å². The minimum absolute atomic E-state index is 0.0202. The molecule has 10 heteroatoms. The first kappa shape index (κ1) is 27.4. The number of carbonyl (C=O) groups is 1. The van der Waals surface area contributed by atoms with Crippen molar-refractivity contribution in [3.05, 3.63) is 47.5 Å². The highest BCUT2D eigenvalue weighted by Crippen LogP contribution is 2.38. The molecular formula is C29H35ClFN5O3. The lowest BCUT2D eigenvalue weighted by atomic mass is 9.88. The number of likely N-dealkylation sites (tertiary alicyclic amines) is 1. The van der Waals surface area contributed by atoms with E-state index in [2.05, 4.69) is 20.2 Å². The number of carbonyl (C=O) groups excluding carboxylic acids is 1. The van der Waals surface area contributed by atoms with E-state index in [0.717, 1.165) is 51.5 Å². The molecule has 1 aromatic heterocycles. The summed E-state index contributed by atoms with van der Waals surface area (Å²) in [6.07, 6.45) is 8.33. The Bertz CT molecular complexity index is 1330. The SMILES string of the molecule is COc1cc2ncnc(Nc3cccc(Cl)c3F)c2cc1O[C@H]1CC[C@@H](N2CCCC[C@H]2C(=O)N(C)C)CC1. The van der Waals surface area contributed by atoms with Gasteiger partial charge in [-0.3, -0.25) is 9.69 Å². The van der Waals surface area contributed by atoms with E-state index in [4.69, 9.17) is 21.1 Å². The lowest BCUT2D eigenvalue weighted by Crippen LogP contribution is -2.54. The van der Waals surface area contributed by atoms with Gasteiger partial charge < -0.3 is 19.7 Å². The Hall–Kier alpha value is -3.17. The largest absolute Gasteiger partial charge is 0.493 e. The van der Waals surface area contributed by atoms with E-state index in [-0.39, 0.29) is 28.8 Å². The second-order valence-corrected chi connectivity index (χ2v) is 10.9. The molecule has 1 saturated carbocycles. The highest BCUT2D eigenvalue weighted by Gasteiger charge is 2.36. The van der Waals surface area contributed by atoms with Gasteiger partial charge in [0, 0.05) is 31.6 Å². The second-order valence-electron chi connectivity index (χ2n) is 10.5. The molecule has 1 amide bonds. The van der Waals surface area contributed by atoms with Crippen LogP contribution < -0.4 is 14.8 Å². The molecule has 0 unspecified atom stereocenters. The molecule has 3 aromatic rings. The molecule has 1 saturated heterocycles. The van der Waals surface area contributed by atoms with Crippen LogP contribution in [0.15, 0.2) is 36.7 Å². The number of ether oxygens (including phenoxy) is 2. The molecule has 2 fully saturated rings. The predicted molar refractivity (Wildman–Crippen MR) is 150 cm³/mol. The third kappa shape index (κ3) is 5.89. The number of halogens is 2. The third-order valence-corrected chi connectivity index (χ3v) is 8.09. The van der Waals surface area contributed by atoms with Crippen LogP contribution in [0.25, 0.3) is 10.9 Å². The number of fused-ring (bicyclic) bond motifs is 1. The minimum atomic E-state index is -0.545. The van der Waals surface area contributed by atoms with E-state index in [9.17, 15) is 9.18 Å². The molecule has 1 aliphatic heterocycles. The van der Waals surface area contributed by atoms with Crippen LogP contribution in [0.2, 0.25) is 5.02 Å². The average Bonchev–Trinajstić information content (AvgIpc) is 2.95. The summed E-state index contributed by atoms with van der Waals surface area (Å²) in [5, 5.41) is 3.75. The van der Waals surface area contributed by atoms with Gasteiger partial charge in [0.05, 0.1) is 35.5 Å². The molecule has 2 aromatic carbocycles. The fraction of sp³-hybridized carbons (Fsp3) is 0.483. The van der Waals surface area contributed by atoms with Crippen LogP contribution in [0.1, 0.15) is 44.9 Å². The van der Waals surface area contributed by atoms with Crippen molar-refractivity contribution in [2.24, 2.45) is 0 Å². The van der Waals surface area contributed by atoms with E-state index in [1.54, 1.807) is 24.1 Å². The summed E-state index contributed by atoms with van der Waals surface area (Å²) >= 11 is 5.96. The van der Waals surface area contributed by atoms with Crippen LogP contribution in [0.4, 0.5) is 15.9 Å². The number of anilines is 2. The van der Waals surface area contributed by atoms with Gasteiger partial charge in [-0.15, -0.1) is 0 Å². The van der Waals surface area contributed by atoms with Crippen molar-refractivity contribution in [2.75, 3.05) is 33.1 Å². The van der Waals surface area contributed by atoms with Gasteiger partial charge in [0.15, 0.2) is 17.3 Å². The maximum atomic E-state index is 14.6. The van der Waals surface area contributed by atoms with Gasteiger partial charge in [-0.1, -0.05) is 24.1 Å². The molecule has 0 spiro atoms. The van der Waals surface area contributed by atoms with Crippen LogP contribution in [0.3, 0.4) is 0 Å². The van der Waals surface area contributed by atoms with E-state index >= 15 is 0 Å². The summed E-state index contributed by atoms with van der Waals surface area (Å²) < 4.78 is 26.7. The first-order valence-corrected chi connectivity index (χ1v) is 13.9. The standard InChI is InChI=1S/C29H35ClFN5O3/c1-35(2)29(37)24-9-4-5-14-36(24)18-10-12-19(13-11-18)39-26-15-20-23(16-25(26)38-3)32-17-33-28(20)34-22-8-6-7-21(30)27(22)31/h6-8,15-19,24H,4-5,9-14H2,1-3H3,(H,32,33,34)/t18-,19+,24-/m0/s1. The first-order valence-electron chi connectivity index (χ1n) is 13.5. The highest BCUT2D eigenvalue weighted by molar-refractivity contribution is 6.31. The molecular weight excluding hydrogens is 521 g/mol. The summed E-state index contributed by atoms with van der Waals surface area (Å²) in [6.45, 7) is 0.974. The van der Waals surface area contributed by atoms with Crippen LogP contribution in [0, 0.1) is 5.82 Å². The van der Waals surface area contributed by atoms with Gasteiger partial charge in [0.2, 0.25) is 5.91 Å². The van der Waals surface area contributed by atoms with E-state index in [0.29, 0.717) is 34.3 Å². The number of likely N-dealkylation sites (N-methyl/N-ethyl adjacent to an activating group) is 1. The maximum absolute atomic E-state index is 14.6. The number of piperidine rings is 1. The fourth-order valence-electron chi connectivity index (χ4n) is 5.77. The molecule has 1 N–H and O–H groups in total. The van der Waals surface area contributed by atoms with Crippen molar-refractivity contribution in [3.63, 3.8) is 0 Å². The zero-order valence-corrected chi connectivity index (χ0v) is 23.4. The van der Waals surface area contributed by atoms with Crippen molar-refractivity contribution in [3.8, 4) is 11.5 Å². The molecule has 39 heavy (non-hydrogen) atoms. The summed E-state index contributed by atoms with van der Waals surface area (Å²) in [5.74, 6) is 1.28. The number of methoxy groups -OCH3 is 1. The van der Waals surface area contributed by atoms with E-state index < -0.39 is 5.82 Å². The van der Waals surface area contributed by atoms with Crippen LogP contribution in [0.5, 0.6) is 11.5 Å². The Morgan fingerprint density at radius 2 is 1.90 bits per heavy atom. The number of hydrogen-bond acceptors (Lipinski definition) is 7. The van der Waals surface area contributed by atoms with Crippen molar-refractivity contribution in [1.29, 1.82) is 0 Å². The van der Waals surface area contributed by atoms with Crippen LogP contribution in [-0.4, -0.2) is 71.6 Å². The Morgan fingerprint density at radius 3 is 2.64 bits per heavy atom. The Balaban J connectivity index is 1.32. The van der Waals surface area contributed by atoms with Crippen LogP contribution in [-0.2, 0) is 4.79 Å². The van der Waals surface area contributed by atoms with Crippen molar-refractivity contribution in [2.45, 2.75) is 63.1 Å². The smallest absolute Gasteiger partial charge is 0.239 e.